The van der Waals surface area contributed by atoms with E-state index in [0.29, 0.717) is 0 Å². The molecule has 1 aliphatic rings. The highest BCUT2D eigenvalue weighted by atomic mass is 16.5. The summed E-state index contributed by atoms with van der Waals surface area (Å²) < 4.78 is 5.77. The molecule has 1 aliphatic heterocycles. The van der Waals surface area contributed by atoms with Crippen molar-refractivity contribution in [2.75, 3.05) is 13.2 Å². The van der Waals surface area contributed by atoms with Crippen LogP contribution >= 0.6 is 0 Å². The Labute approximate surface area is 119 Å². The van der Waals surface area contributed by atoms with Crippen molar-refractivity contribution in [3.8, 4) is 0 Å². The lowest BCUT2D eigenvalue weighted by Gasteiger charge is -2.20. The molecule has 0 spiro atoms. The molecular formula is C17H20N2O. The standard InChI is InChI=1S/C17H20N2O/c1-2-10-18-17(15-8-5-12-20-15)16-14-7-4-3-6-13(14)9-11-19-16/h3-4,6-9,11,17-18H,2,5,10,12H2,1H3. The van der Waals surface area contributed by atoms with E-state index < -0.39 is 0 Å². The fraction of sp³-hybridized carbons (Fsp3) is 0.353. The van der Waals surface area contributed by atoms with Crippen molar-refractivity contribution >= 4 is 10.8 Å². The Morgan fingerprint density at radius 3 is 3.00 bits per heavy atom. The van der Waals surface area contributed by atoms with Gasteiger partial charge in [0.15, 0.2) is 0 Å². The number of fused-ring (bicyclic) bond motifs is 1. The molecule has 0 radical (unpaired) electrons. The summed E-state index contributed by atoms with van der Waals surface area (Å²) >= 11 is 0. The van der Waals surface area contributed by atoms with Crippen molar-refractivity contribution in [3.63, 3.8) is 0 Å². The molecule has 0 saturated carbocycles. The smallest absolute Gasteiger partial charge is 0.115 e. The van der Waals surface area contributed by atoms with Gasteiger partial charge in [-0.05, 0) is 30.5 Å². The number of rotatable bonds is 5. The molecule has 3 heteroatoms. The summed E-state index contributed by atoms with van der Waals surface area (Å²) in [4.78, 5) is 4.62. The van der Waals surface area contributed by atoms with E-state index in [1.54, 1.807) is 0 Å². The van der Waals surface area contributed by atoms with Crippen molar-refractivity contribution in [1.82, 2.24) is 10.3 Å². The van der Waals surface area contributed by atoms with Gasteiger partial charge in [-0.1, -0.05) is 31.2 Å². The number of pyridine rings is 1. The SMILES string of the molecule is CCCNC(C1=CCCO1)c1nccc2ccccc12. The maximum atomic E-state index is 5.77. The molecule has 0 fully saturated rings. The third kappa shape index (κ3) is 2.54. The van der Waals surface area contributed by atoms with Gasteiger partial charge in [-0.15, -0.1) is 0 Å². The first-order valence-electron chi connectivity index (χ1n) is 7.30. The molecule has 0 aliphatic carbocycles. The summed E-state index contributed by atoms with van der Waals surface area (Å²) in [6, 6.07) is 10.5. The third-order valence-corrected chi connectivity index (χ3v) is 3.59. The van der Waals surface area contributed by atoms with Gasteiger partial charge in [0.2, 0.25) is 0 Å². The van der Waals surface area contributed by atoms with Crippen molar-refractivity contribution in [3.05, 3.63) is 54.1 Å². The van der Waals surface area contributed by atoms with E-state index >= 15 is 0 Å². The normalized spacial score (nSPS) is 15.9. The van der Waals surface area contributed by atoms with Crippen molar-refractivity contribution in [1.29, 1.82) is 0 Å². The Hall–Kier alpha value is -1.87. The number of ether oxygens (including phenoxy) is 1. The lowest BCUT2D eigenvalue weighted by molar-refractivity contribution is 0.214. The van der Waals surface area contributed by atoms with E-state index in [-0.39, 0.29) is 6.04 Å². The zero-order valence-corrected chi connectivity index (χ0v) is 11.8. The largest absolute Gasteiger partial charge is 0.496 e. The lowest BCUT2D eigenvalue weighted by Crippen LogP contribution is -2.25. The molecule has 3 nitrogen and oxygen atoms in total. The minimum Gasteiger partial charge on any atom is -0.496 e. The summed E-state index contributed by atoms with van der Waals surface area (Å²) in [5, 5.41) is 5.98. The predicted octanol–water partition coefficient (Wildman–Crippen LogP) is 3.58. The third-order valence-electron chi connectivity index (χ3n) is 3.59. The number of aromatic nitrogens is 1. The topological polar surface area (TPSA) is 34.1 Å². The van der Waals surface area contributed by atoms with Gasteiger partial charge in [-0.2, -0.15) is 0 Å². The van der Waals surface area contributed by atoms with Gasteiger partial charge in [0.1, 0.15) is 11.8 Å². The number of hydrogen-bond acceptors (Lipinski definition) is 3. The molecular weight excluding hydrogens is 248 g/mol. The first-order chi connectivity index (χ1) is 9.90. The van der Waals surface area contributed by atoms with Crippen LogP contribution in [0.4, 0.5) is 0 Å². The molecule has 0 bridgehead atoms. The van der Waals surface area contributed by atoms with E-state index in [1.165, 1.54) is 10.8 Å². The molecule has 1 unspecified atom stereocenters. The van der Waals surface area contributed by atoms with Crippen LogP contribution in [0.5, 0.6) is 0 Å². The molecule has 1 atom stereocenters. The molecule has 1 aromatic carbocycles. The summed E-state index contributed by atoms with van der Waals surface area (Å²) in [6.45, 7) is 3.91. The molecule has 2 aromatic rings. The van der Waals surface area contributed by atoms with Crippen LogP contribution in [-0.2, 0) is 4.74 Å². The van der Waals surface area contributed by atoms with E-state index in [0.717, 1.165) is 37.4 Å². The molecule has 0 amide bonds. The van der Waals surface area contributed by atoms with E-state index in [9.17, 15) is 0 Å². The molecule has 20 heavy (non-hydrogen) atoms. The van der Waals surface area contributed by atoms with Crippen molar-refractivity contribution < 1.29 is 4.74 Å². The van der Waals surface area contributed by atoms with Crippen molar-refractivity contribution in [2.24, 2.45) is 0 Å². The molecule has 104 valence electrons. The maximum Gasteiger partial charge on any atom is 0.115 e. The molecule has 1 aromatic heterocycles. The van der Waals surface area contributed by atoms with Gasteiger partial charge >= 0.3 is 0 Å². The average Bonchev–Trinajstić information content (AvgIpc) is 3.02. The van der Waals surface area contributed by atoms with Crippen LogP contribution in [0.15, 0.2) is 48.4 Å². The van der Waals surface area contributed by atoms with E-state index in [1.807, 2.05) is 6.20 Å². The first-order valence-corrected chi connectivity index (χ1v) is 7.30. The lowest BCUT2D eigenvalue weighted by atomic mass is 10.0. The van der Waals surface area contributed by atoms with Crippen molar-refractivity contribution in [2.45, 2.75) is 25.8 Å². The van der Waals surface area contributed by atoms with Crippen LogP contribution < -0.4 is 5.32 Å². The van der Waals surface area contributed by atoms with Gasteiger partial charge in [0, 0.05) is 18.0 Å². The highest BCUT2D eigenvalue weighted by molar-refractivity contribution is 5.84. The Kier molecular flexibility index (Phi) is 3.97. The number of hydrogen-bond donors (Lipinski definition) is 1. The fourth-order valence-corrected chi connectivity index (χ4v) is 2.63. The van der Waals surface area contributed by atoms with E-state index in [2.05, 4.69) is 53.6 Å². The fourth-order valence-electron chi connectivity index (χ4n) is 2.63. The van der Waals surface area contributed by atoms with Crippen LogP contribution in [0.25, 0.3) is 10.8 Å². The highest BCUT2D eigenvalue weighted by Crippen LogP contribution is 2.30. The Morgan fingerprint density at radius 2 is 2.20 bits per heavy atom. The quantitative estimate of drug-likeness (QED) is 0.900. The summed E-state index contributed by atoms with van der Waals surface area (Å²) in [5.74, 6) is 1.02. The van der Waals surface area contributed by atoms with Crippen LogP contribution in [0.2, 0.25) is 0 Å². The number of benzene rings is 1. The summed E-state index contributed by atoms with van der Waals surface area (Å²) in [6.07, 6.45) is 6.14. The second-order valence-corrected chi connectivity index (χ2v) is 5.05. The van der Waals surface area contributed by atoms with Gasteiger partial charge in [0.05, 0.1) is 12.3 Å². The monoisotopic (exact) mass is 268 g/mol. The van der Waals surface area contributed by atoms with Crippen LogP contribution in [-0.4, -0.2) is 18.1 Å². The molecule has 3 rings (SSSR count). The molecule has 1 N–H and O–H groups in total. The number of nitrogens with zero attached hydrogens (tertiary/aromatic N) is 1. The second-order valence-electron chi connectivity index (χ2n) is 5.05. The molecule has 2 heterocycles. The van der Waals surface area contributed by atoms with Gasteiger partial charge < -0.3 is 10.1 Å². The first kappa shape index (κ1) is 13.1. The van der Waals surface area contributed by atoms with Gasteiger partial charge in [-0.25, -0.2) is 0 Å². The zero-order chi connectivity index (χ0) is 13.8. The predicted molar refractivity (Wildman–Crippen MR) is 81.4 cm³/mol. The number of nitrogens with one attached hydrogen (secondary N) is 1. The van der Waals surface area contributed by atoms with E-state index in [4.69, 9.17) is 4.74 Å². The Morgan fingerprint density at radius 1 is 1.30 bits per heavy atom. The Balaban J connectivity index is 2.04. The highest BCUT2D eigenvalue weighted by Gasteiger charge is 2.23. The van der Waals surface area contributed by atoms with Gasteiger partial charge in [0.25, 0.3) is 0 Å². The summed E-state index contributed by atoms with van der Waals surface area (Å²) in [5.41, 5.74) is 1.06. The average molecular weight is 268 g/mol. The Bertz CT molecular complexity index is 616. The van der Waals surface area contributed by atoms with Gasteiger partial charge in [-0.3, -0.25) is 4.98 Å². The second kappa shape index (κ2) is 6.06. The van der Waals surface area contributed by atoms with Crippen LogP contribution in [0.3, 0.4) is 0 Å². The summed E-state index contributed by atoms with van der Waals surface area (Å²) in [7, 11) is 0. The maximum absolute atomic E-state index is 5.77. The zero-order valence-electron chi connectivity index (χ0n) is 11.8. The minimum atomic E-state index is 0.0588. The van der Waals surface area contributed by atoms with Crippen LogP contribution in [0.1, 0.15) is 31.5 Å². The molecule has 0 saturated heterocycles. The minimum absolute atomic E-state index is 0.0588. The van der Waals surface area contributed by atoms with Crippen LogP contribution in [0, 0.1) is 0 Å².